The second-order valence-corrected chi connectivity index (χ2v) is 7.80. The van der Waals surface area contributed by atoms with Crippen LogP contribution >= 0.6 is 11.6 Å². The summed E-state index contributed by atoms with van der Waals surface area (Å²) in [4.78, 5) is 28.0. The number of fused-ring (bicyclic) bond motifs is 2. The third-order valence-corrected chi connectivity index (χ3v) is 5.60. The monoisotopic (exact) mass is 436 g/mol. The molecule has 0 saturated heterocycles. The highest BCUT2D eigenvalue weighted by atomic mass is 35.5. The number of anilines is 1. The van der Waals surface area contributed by atoms with Gasteiger partial charge in [-0.15, -0.1) is 0 Å². The molecule has 0 fully saturated rings. The van der Waals surface area contributed by atoms with Crippen LogP contribution in [0.1, 0.15) is 17.3 Å². The van der Waals surface area contributed by atoms with Crippen LogP contribution in [0, 0.1) is 0 Å². The van der Waals surface area contributed by atoms with Gasteiger partial charge in [-0.3, -0.25) is 9.59 Å². The SMILES string of the molecule is O=C(Nc1ccc(Cl)cc1)[C@@H]1c2cccc[n+]2CC(=O)N1Cc1ccc2c(c1)OCO2. The van der Waals surface area contributed by atoms with Crippen LogP contribution in [0.3, 0.4) is 0 Å². The molecule has 0 bridgehead atoms. The fourth-order valence-electron chi connectivity index (χ4n) is 3.86. The lowest BCUT2D eigenvalue weighted by Crippen LogP contribution is -2.57. The van der Waals surface area contributed by atoms with Crippen molar-refractivity contribution in [3.8, 4) is 11.5 Å². The van der Waals surface area contributed by atoms with Gasteiger partial charge in [0.05, 0.1) is 0 Å². The van der Waals surface area contributed by atoms with Crippen LogP contribution in [0.25, 0.3) is 0 Å². The van der Waals surface area contributed by atoms with E-state index in [0.29, 0.717) is 22.2 Å². The van der Waals surface area contributed by atoms with Gasteiger partial charge in [0.15, 0.2) is 23.7 Å². The van der Waals surface area contributed by atoms with E-state index in [1.54, 1.807) is 29.2 Å². The second kappa shape index (κ2) is 7.92. The van der Waals surface area contributed by atoms with Crippen LogP contribution in [-0.2, 0) is 22.7 Å². The van der Waals surface area contributed by atoms with Crippen LogP contribution in [0.2, 0.25) is 5.02 Å². The predicted octanol–water partition coefficient (Wildman–Crippen LogP) is 3.08. The molecule has 0 radical (unpaired) electrons. The van der Waals surface area contributed by atoms with Gasteiger partial charge in [0.25, 0.3) is 11.8 Å². The van der Waals surface area contributed by atoms with Crippen molar-refractivity contribution in [3.63, 3.8) is 0 Å². The zero-order chi connectivity index (χ0) is 21.4. The molecule has 1 atom stereocenters. The number of carbonyl (C=O) groups is 2. The predicted molar refractivity (Wildman–Crippen MR) is 113 cm³/mol. The highest BCUT2D eigenvalue weighted by molar-refractivity contribution is 6.30. The summed E-state index contributed by atoms with van der Waals surface area (Å²) in [5.41, 5.74) is 2.21. The molecule has 0 aliphatic carbocycles. The molecule has 2 aliphatic rings. The number of rotatable bonds is 4. The highest BCUT2D eigenvalue weighted by Crippen LogP contribution is 2.34. The molecule has 3 heterocycles. The number of amides is 2. The van der Waals surface area contributed by atoms with Gasteiger partial charge in [0, 0.05) is 29.4 Å². The van der Waals surface area contributed by atoms with E-state index in [0.717, 1.165) is 11.3 Å². The number of ether oxygens (including phenoxy) is 2. The zero-order valence-corrected chi connectivity index (χ0v) is 17.2. The van der Waals surface area contributed by atoms with Gasteiger partial charge in [-0.1, -0.05) is 23.7 Å². The molecule has 0 spiro atoms. The molecule has 1 N–H and O–H groups in total. The van der Waals surface area contributed by atoms with Gasteiger partial charge in [0.2, 0.25) is 19.0 Å². The number of nitrogens with one attached hydrogen (secondary N) is 1. The van der Waals surface area contributed by atoms with Crippen LogP contribution in [0.4, 0.5) is 5.69 Å². The Morgan fingerprint density at radius 3 is 2.74 bits per heavy atom. The summed E-state index contributed by atoms with van der Waals surface area (Å²) in [7, 11) is 0. The van der Waals surface area contributed by atoms with E-state index < -0.39 is 6.04 Å². The normalized spacial score (nSPS) is 16.7. The van der Waals surface area contributed by atoms with Crippen molar-refractivity contribution in [2.75, 3.05) is 12.1 Å². The lowest BCUT2D eigenvalue weighted by atomic mass is 10.0. The van der Waals surface area contributed by atoms with Crippen molar-refractivity contribution in [3.05, 3.63) is 83.1 Å². The third-order valence-electron chi connectivity index (χ3n) is 5.34. The van der Waals surface area contributed by atoms with Gasteiger partial charge in [0.1, 0.15) is 0 Å². The number of nitrogens with zero attached hydrogens (tertiary/aromatic N) is 2. The van der Waals surface area contributed by atoms with E-state index in [2.05, 4.69) is 5.32 Å². The maximum absolute atomic E-state index is 13.4. The molecule has 7 nitrogen and oxygen atoms in total. The summed E-state index contributed by atoms with van der Waals surface area (Å²) in [5, 5.41) is 3.49. The topological polar surface area (TPSA) is 71.8 Å². The first kappa shape index (κ1) is 19.4. The fraction of sp³-hybridized carbons (Fsp3) is 0.174. The molecule has 156 valence electrons. The molecule has 8 heteroatoms. The minimum absolute atomic E-state index is 0.141. The van der Waals surface area contributed by atoms with Gasteiger partial charge in [-0.25, -0.2) is 0 Å². The standard InChI is InChI=1S/C23H18ClN3O4/c24-16-5-7-17(8-6-16)25-23(29)22-18-3-1-2-10-26(18)13-21(28)27(22)12-15-4-9-19-20(11-15)31-14-30-19/h1-11,22H,12-14H2/p+1/t22-/m0/s1. The Labute approximate surface area is 183 Å². The number of benzene rings is 2. The minimum Gasteiger partial charge on any atom is -0.454 e. The Hall–Kier alpha value is -3.58. The van der Waals surface area contributed by atoms with E-state index in [9.17, 15) is 9.59 Å². The molecule has 5 rings (SSSR count). The average molecular weight is 437 g/mol. The molecule has 2 amide bonds. The summed E-state index contributed by atoms with van der Waals surface area (Å²) in [6.07, 6.45) is 1.81. The average Bonchev–Trinajstić information content (AvgIpc) is 3.23. The number of hydrogen-bond acceptors (Lipinski definition) is 4. The fourth-order valence-corrected chi connectivity index (χ4v) is 3.98. The molecule has 0 saturated carbocycles. The number of aromatic nitrogens is 1. The zero-order valence-electron chi connectivity index (χ0n) is 16.5. The quantitative estimate of drug-likeness (QED) is 0.638. The first-order chi connectivity index (χ1) is 15.1. The first-order valence-electron chi connectivity index (χ1n) is 9.81. The molecule has 2 aromatic carbocycles. The lowest BCUT2D eigenvalue weighted by Gasteiger charge is -2.32. The third kappa shape index (κ3) is 3.80. The lowest BCUT2D eigenvalue weighted by molar-refractivity contribution is -0.698. The van der Waals surface area contributed by atoms with Crippen molar-refractivity contribution in [2.45, 2.75) is 19.1 Å². The van der Waals surface area contributed by atoms with E-state index in [4.69, 9.17) is 21.1 Å². The number of pyridine rings is 1. The number of hydrogen-bond donors (Lipinski definition) is 1. The van der Waals surface area contributed by atoms with Gasteiger partial charge in [-0.05, 0) is 42.0 Å². The van der Waals surface area contributed by atoms with Crippen LogP contribution in [-0.4, -0.2) is 23.5 Å². The van der Waals surface area contributed by atoms with Crippen molar-refractivity contribution >= 4 is 29.1 Å². The summed E-state index contributed by atoms with van der Waals surface area (Å²) in [5.74, 6) is 0.874. The van der Waals surface area contributed by atoms with Crippen LogP contribution < -0.4 is 19.4 Å². The molecule has 0 unspecified atom stereocenters. The summed E-state index contributed by atoms with van der Waals surface area (Å²) in [6, 6.07) is 17.2. The van der Waals surface area contributed by atoms with E-state index in [1.807, 2.05) is 47.2 Å². The summed E-state index contributed by atoms with van der Waals surface area (Å²) in [6.45, 7) is 0.617. The van der Waals surface area contributed by atoms with Crippen molar-refractivity contribution in [1.82, 2.24) is 4.90 Å². The molecule has 31 heavy (non-hydrogen) atoms. The highest BCUT2D eigenvalue weighted by Gasteiger charge is 2.42. The molecular formula is C23H19ClN3O4+. The Morgan fingerprint density at radius 2 is 1.90 bits per heavy atom. The van der Waals surface area contributed by atoms with E-state index in [-0.39, 0.29) is 31.7 Å². The van der Waals surface area contributed by atoms with Gasteiger partial charge in [-0.2, -0.15) is 4.57 Å². The van der Waals surface area contributed by atoms with E-state index >= 15 is 0 Å². The van der Waals surface area contributed by atoms with Crippen molar-refractivity contribution in [1.29, 1.82) is 0 Å². The Bertz CT molecular complexity index is 1170. The number of carbonyl (C=O) groups excluding carboxylic acids is 2. The van der Waals surface area contributed by atoms with Crippen molar-refractivity contribution < 1.29 is 23.6 Å². The maximum atomic E-state index is 13.4. The minimum atomic E-state index is -0.788. The summed E-state index contributed by atoms with van der Waals surface area (Å²) < 4.78 is 12.6. The van der Waals surface area contributed by atoms with Crippen LogP contribution in [0.15, 0.2) is 66.9 Å². The van der Waals surface area contributed by atoms with Crippen LogP contribution in [0.5, 0.6) is 11.5 Å². The number of halogens is 1. The first-order valence-corrected chi connectivity index (χ1v) is 10.2. The van der Waals surface area contributed by atoms with Crippen molar-refractivity contribution in [2.24, 2.45) is 0 Å². The smallest absolute Gasteiger partial charge is 0.289 e. The van der Waals surface area contributed by atoms with Gasteiger partial charge < -0.3 is 19.7 Å². The van der Waals surface area contributed by atoms with E-state index in [1.165, 1.54) is 0 Å². The molecule has 1 aromatic heterocycles. The Balaban J connectivity index is 1.48. The van der Waals surface area contributed by atoms with Gasteiger partial charge >= 0.3 is 0 Å². The Morgan fingerprint density at radius 1 is 1.10 bits per heavy atom. The maximum Gasteiger partial charge on any atom is 0.289 e. The molecule has 3 aromatic rings. The molecular weight excluding hydrogens is 418 g/mol. The Kier molecular flexibility index (Phi) is 4.95. The largest absolute Gasteiger partial charge is 0.454 e. The summed E-state index contributed by atoms with van der Waals surface area (Å²) >= 11 is 5.95. The second-order valence-electron chi connectivity index (χ2n) is 7.36. The molecule has 2 aliphatic heterocycles.